The molecule has 13 heteroatoms. The van der Waals surface area contributed by atoms with E-state index in [1.165, 1.54) is 0 Å². The van der Waals surface area contributed by atoms with Gasteiger partial charge in [-0.25, -0.2) is 0 Å². The van der Waals surface area contributed by atoms with Crippen LogP contribution in [0.1, 0.15) is 37.1 Å². The van der Waals surface area contributed by atoms with E-state index in [9.17, 15) is 20.5 Å². The molecule has 3 aliphatic rings. The lowest BCUT2D eigenvalue weighted by molar-refractivity contribution is -0.811. The number of rotatable bonds is 5. The zero-order valence-electron chi connectivity index (χ0n) is 17.1. The molecule has 0 aromatic carbocycles. The van der Waals surface area contributed by atoms with Crippen LogP contribution in [-0.4, -0.2) is 53.6 Å². The van der Waals surface area contributed by atoms with Crippen molar-refractivity contribution in [3.8, 4) is 0 Å². The van der Waals surface area contributed by atoms with E-state index >= 15 is 0 Å². The van der Waals surface area contributed by atoms with Crippen LogP contribution in [0.25, 0.3) is 0 Å². The highest BCUT2D eigenvalue weighted by Crippen LogP contribution is 2.53. The Morgan fingerprint density at radius 2 is 2.10 bits per heavy atom. The van der Waals surface area contributed by atoms with Crippen LogP contribution in [0.2, 0.25) is 19.6 Å². The van der Waals surface area contributed by atoms with Gasteiger partial charge in [0.2, 0.25) is 5.69 Å². The van der Waals surface area contributed by atoms with Gasteiger partial charge in [-0.05, 0) is 37.9 Å². The van der Waals surface area contributed by atoms with E-state index in [0.717, 1.165) is 0 Å². The number of hydrogen-bond acceptors (Lipinski definition) is 9. The van der Waals surface area contributed by atoms with E-state index < -0.39 is 43.0 Å². The Morgan fingerprint density at radius 1 is 1.37 bits per heavy atom. The van der Waals surface area contributed by atoms with Gasteiger partial charge >= 0.3 is 11.4 Å². The minimum Gasteiger partial charge on any atom is -0.404 e. The molecule has 0 unspecified atom stereocenters. The number of fused-ring (bicyclic) bond motifs is 6. The third kappa shape index (κ3) is 2.91. The zero-order chi connectivity index (χ0) is 21.8. The SMILES string of the molecule is CCO[C@H]1C[C@@H]2C(=[N+]([O-])O1)c1no[n+]([O-])c1[C@H]1CC=C[C@H](O[Si](C)(C)C)[C@@]21[N+](=O)[O-]. The molecule has 0 fully saturated rings. The molecule has 0 saturated carbocycles. The average molecular weight is 440 g/mol. The maximum absolute atomic E-state index is 12.8. The molecule has 1 aromatic rings. The second kappa shape index (κ2) is 7.03. The van der Waals surface area contributed by atoms with E-state index in [4.69, 9.17) is 18.6 Å². The van der Waals surface area contributed by atoms with Gasteiger partial charge in [0.05, 0.1) is 5.16 Å². The summed E-state index contributed by atoms with van der Waals surface area (Å²) in [5.41, 5.74) is -1.97. The molecule has 0 bridgehead atoms. The smallest absolute Gasteiger partial charge is 0.317 e. The number of aromatic nitrogens is 2. The molecule has 164 valence electrons. The molecule has 0 spiro atoms. The monoisotopic (exact) mass is 440 g/mol. The van der Waals surface area contributed by atoms with Crippen molar-refractivity contribution in [1.29, 1.82) is 0 Å². The van der Waals surface area contributed by atoms with E-state index in [-0.39, 0.29) is 46.4 Å². The normalized spacial score (nSPS) is 32.8. The topological polar surface area (TPSA) is 150 Å². The van der Waals surface area contributed by atoms with Crippen LogP contribution in [0.3, 0.4) is 0 Å². The number of nitrogens with zero attached hydrogens (tertiary/aromatic N) is 4. The van der Waals surface area contributed by atoms with Crippen molar-refractivity contribution < 1.29 is 33.4 Å². The standard InChI is InChI=1S/C17H24N4O8Si/c1-5-26-13-9-11-16(19(22)27-13)14-15(20(23)29-18-14)10-7-6-8-12(28-30(2,3)4)17(10,11)21(24)25/h6,8,10-13H,5,7,9H2,1-4H3/t10-,11-,12+,13-,17+/m1/s1. The summed E-state index contributed by atoms with van der Waals surface area (Å²) in [6.45, 7) is 7.78. The van der Waals surface area contributed by atoms with Crippen molar-refractivity contribution in [2.75, 3.05) is 6.61 Å². The van der Waals surface area contributed by atoms with E-state index in [1.807, 2.05) is 19.6 Å². The number of hydrogen-bond donors (Lipinski definition) is 0. The second-order valence-corrected chi connectivity index (χ2v) is 13.1. The lowest BCUT2D eigenvalue weighted by atomic mass is 9.59. The highest BCUT2D eigenvalue weighted by atomic mass is 28.4. The Balaban J connectivity index is 1.99. The predicted molar refractivity (Wildman–Crippen MR) is 102 cm³/mol. The summed E-state index contributed by atoms with van der Waals surface area (Å²) in [5, 5.41) is 41.8. The van der Waals surface area contributed by atoms with Crippen molar-refractivity contribution in [2.24, 2.45) is 5.92 Å². The Hall–Kier alpha value is -2.51. The Bertz CT molecular complexity index is 925. The minimum absolute atomic E-state index is 0.00974. The first-order chi connectivity index (χ1) is 14.1. The van der Waals surface area contributed by atoms with Crippen LogP contribution in [0.15, 0.2) is 16.8 Å². The first-order valence-corrected chi connectivity index (χ1v) is 13.2. The van der Waals surface area contributed by atoms with Gasteiger partial charge in [-0.2, -0.15) is 0 Å². The van der Waals surface area contributed by atoms with Crippen molar-refractivity contribution in [3.63, 3.8) is 0 Å². The van der Waals surface area contributed by atoms with Crippen molar-refractivity contribution in [3.05, 3.63) is 44.1 Å². The lowest BCUT2D eigenvalue weighted by Gasteiger charge is -2.47. The molecule has 30 heavy (non-hydrogen) atoms. The fourth-order valence-electron chi connectivity index (χ4n) is 4.83. The van der Waals surface area contributed by atoms with E-state index in [0.29, 0.717) is 0 Å². The molecule has 2 aliphatic carbocycles. The summed E-state index contributed by atoms with van der Waals surface area (Å²) in [6.07, 6.45) is 1.78. The number of ether oxygens (including phenoxy) is 1. The number of allylic oxidation sites excluding steroid dienone is 1. The van der Waals surface area contributed by atoms with Crippen molar-refractivity contribution >= 4 is 14.0 Å². The van der Waals surface area contributed by atoms with Gasteiger partial charge in [0, 0.05) is 22.9 Å². The van der Waals surface area contributed by atoms with E-state index in [1.54, 1.807) is 19.1 Å². The van der Waals surface area contributed by atoms with Crippen molar-refractivity contribution in [1.82, 2.24) is 5.16 Å². The molecule has 1 aliphatic heterocycles. The van der Waals surface area contributed by atoms with Crippen LogP contribution in [0.5, 0.6) is 0 Å². The molecular formula is C17H24N4O8Si. The lowest BCUT2D eigenvalue weighted by Crippen LogP contribution is -2.69. The van der Waals surface area contributed by atoms with Crippen molar-refractivity contribution in [2.45, 2.75) is 63.3 Å². The second-order valence-electron chi connectivity index (χ2n) is 8.60. The summed E-state index contributed by atoms with van der Waals surface area (Å²) in [6, 6.07) is 0. The molecule has 4 rings (SSSR count). The maximum Gasteiger partial charge on any atom is 0.317 e. The predicted octanol–water partition coefficient (Wildman–Crippen LogP) is 1.21. The van der Waals surface area contributed by atoms with Gasteiger partial charge in [-0.1, -0.05) is 12.2 Å². The third-order valence-electron chi connectivity index (χ3n) is 5.79. The third-order valence-corrected chi connectivity index (χ3v) is 6.75. The quantitative estimate of drug-likeness (QED) is 0.216. The molecular weight excluding hydrogens is 416 g/mol. The molecule has 5 atom stereocenters. The minimum atomic E-state index is -2.25. The van der Waals surface area contributed by atoms with Gasteiger partial charge in [0.25, 0.3) is 5.54 Å². The van der Waals surface area contributed by atoms with Crippen LogP contribution in [0.4, 0.5) is 0 Å². The molecule has 12 nitrogen and oxygen atoms in total. The van der Waals surface area contributed by atoms with Crippen LogP contribution in [-0.2, 0) is 14.0 Å². The Kier molecular flexibility index (Phi) is 4.86. The highest BCUT2D eigenvalue weighted by molar-refractivity contribution is 6.69. The van der Waals surface area contributed by atoms with Gasteiger partial charge in [-0.15, -0.1) is 0 Å². The average Bonchev–Trinajstić information content (AvgIpc) is 3.02. The Labute approximate surface area is 173 Å². The molecule has 0 amide bonds. The summed E-state index contributed by atoms with van der Waals surface area (Å²) < 4.78 is 16.5. The zero-order valence-corrected chi connectivity index (χ0v) is 18.1. The summed E-state index contributed by atoms with van der Waals surface area (Å²) in [5.74, 6) is -1.84. The molecule has 0 saturated heterocycles. The largest absolute Gasteiger partial charge is 0.404 e. The fourth-order valence-corrected chi connectivity index (χ4v) is 5.86. The summed E-state index contributed by atoms with van der Waals surface area (Å²) in [4.78, 5) is 18.0. The van der Waals surface area contributed by atoms with Crippen LogP contribution in [0, 0.1) is 26.4 Å². The summed E-state index contributed by atoms with van der Waals surface area (Å²) >= 11 is 0. The molecule has 2 heterocycles. The first-order valence-electron chi connectivity index (χ1n) is 9.82. The van der Waals surface area contributed by atoms with Gasteiger partial charge in [0.1, 0.15) is 17.9 Å². The van der Waals surface area contributed by atoms with E-state index in [2.05, 4.69) is 5.16 Å². The molecule has 1 aromatic heterocycles. The van der Waals surface area contributed by atoms with Gasteiger partial charge in [0.15, 0.2) is 14.6 Å². The molecule has 0 N–H and O–H groups in total. The first kappa shape index (κ1) is 20.7. The van der Waals surface area contributed by atoms with Crippen LogP contribution >= 0.6 is 0 Å². The van der Waals surface area contributed by atoms with Gasteiger partial charge in [-0.3, -0.25) is 20.0 Å². The fraction of sp³-hybridized carbons (Fsp3) is 0.706. The maximum atomic E-state index is 12.8. The molecule has 0 radical (unpaired) electrons. The highest BCUT2D eigenvalue weighted by Gasteiger charge is 2.74. The van der Waals surface area contributed by atoms with Gasteiger partial charge < -0.3 is 19.2 Å². The number of nitro groups is 1. The van der Waals surface area contributed by atoms with Crippen LogP contribution < -0.4 is 4.90 Å². The summed E-state index contributed by atoms with van der Waals surface area (Å²) in [7, 11) is -2.25. The Morgan fingerprint density at radius 3 is 2.73 bits per heavy atom.